The average molecular weight is 378 g/mol. The number of nitrogens with zero attached hydrogens (tertiary/aromatic N) is 1. The van der Waals surface area contributed by atoms with E-state index >= 15 is 0 Å². The van der Waals surface area contributed by atoms with Gasteiger partial charge in [-0.05, 0) is 35.9 Å². The molecule has 1 aromatic heterocycles. The van der Waals surface area contributed by atoms with E-state index in [1.165, 1.54) is 43.5 Å². The average Bonchev–Trinajstić information content (AvgIpc) is 3.01. The van der Waals surface area contributed by atoms with Crippen molar-refractivity contribution in [3.05, 3.63) is 53.8 Å². The molecule has 0 saturated carbocycles. The first-order chi connectivity index (χ1) is 12.4. The molecule has 1 heterocycles. The van der Waals surface area contributed by atoms with Crippen LogP contribution in [-0.4, -0.2) is 31.6 Å². The van der Waals surface area contributed by atoms with Crippen LogP contribution in [0.2, 0.25) is 0 Å². The first-order valence-corrected chi connectivity index (χ1v) is 8.94. The molecule has 0 spiro atoms. The number of amides is 1. The van der Waals surface area contributed by atoms with Gasteiger partial charge in [-0.1, -0.05) is 12.1 Å². The van der Waals surface area contributed by atoms with Gasteiger partial charge in [0.2, 0.25) is 16.0 Å². The second-order valence-corrected chi connectivity index (χ2v) is 7.10. The molecule has 0 aliphatic heterocycles. The van der Waals surface area contributed by atoms with Crippen molar-refractivity contribution < 1.29 is 22.3 Å². The molecule has 0 saturated heterocycles. The molecule has 0 radical (unpaired) electrons. The maximum absolute atomic E-state index is 13.2. The third-order valence-electron chi connectivity index (χ3n) is 3.52. The molecular weight excluding hydrogens is 363 g/mol. The molecular formula is C16H15FN4O4S. The molecule has 3 aromatic rings. The van der Waals surface area contributed by atoms with Crippen molar-refractivity contribution in [1.29, 1.82) is 0 Å². The fourth-order valence-electron chi connectivity index (χ4n) is 2.27. The lowest BCUT2D eigenvalue weighted by molar-refractivity contribution is 0.186. The topological polar surface area (TPSA) is 113 Å². The second-order valence-electron chi connectivity index (χ2n) is 5.34. The summed E-state index contributed by atoms with van der Waals surface area (Å²) >= 11 is 0. The zero-order chi connectivity index (χ0) is 18.7. The van der Waals surface area contributed by atoms with Crippen LogP contribution in [0.15, 0.2) is 47.4 Å². The van der Waals surface area contributed by atoms with Gasteiger partial charge in [-0.3, -0.25) is 5.32 Å². The predicted molar refractivity (Wildman–Crippen MR) is 92.5 cm³/mol. The lowest BCUT2D eigenvalue weighted by atomic mass is 10.2. The normalized spacial score (nSPS) is 11.5. The Morgan fingerprint density at radius 1 is 1.27 bits per heavy atom. The fourth-order valence-corrected chi connectivity index (χ4v) is 3.31. The number of aromatic nitrogens is 2. The van der Waals surface area contributed by atoms with Crippen LogP contribution in [0.4, 0.5) is 15.1 Å². The number of carbonyl (C=O) groups excluding carboxylic acids is 1. The Hall–Kier alpha value is -2.98. The smallest absolute Gasteiger partial charge is 0.413 e. The van der Waals surface area contributed by atoms with Gasteiger partial charge in [0.15, 0.2) is 0 Å². The van der Waals surface area contributed by atoms with E-state index < -0.39 is 21.9 Å². The largest absolute Gasteiger partial charge is 0.453 e. The molecule has 3 N–H and O–H groups in total. The van der Waals surface area contributed by atoms with Gasteiger partial charge in [-0.2, -0.15) is 0 Å². The van der Waals surface area contributed by atoms with Crippen LogP contribution >= 0.6 is 0 Å². The lowest BCUT2D eigenvalue weighted by Crippen LogP contribution is -2.23. The number of imidazole rings is 1. The zero-order valence-electron chi connectivity index (χ0n) is 13.6. The molecule has 136 valence electrons. The SMILES string of the molecule is COC(=O)Nc1nc2ccc(S(=O)(=O)NCc3cccc(F)c3)cc2[nH]1. The zero-order valence-corrected chi connectivity index (χ0v) is 14.4. The minimum atomic E-state index is -3.81. The van der Waals surface area contributed by atoms with Crippen molar-refractivity contribution in [2.75, 3.05) is 12.4 Å². The molecule has 26 heavy (non-hydrogen) atoms. The first-order valence-electron chi connectivity index (χ1n) is 7.46. The maximum Gasteiger partial charge on any atom is 0.413 e. The molecule has 3 rings (SSSR count). The number of benzene rings is 2. The van der Waals surface area contributed by atoms with E-state index in [1.54, 1.807) is 6.07 Å². The number of nitrogens with one attached hydrogen (secondary N) is 3. The fraction of sp³-hybridized carbons (Fsp3) is 0.125. The Morgan fingerprint density at radius 2 is 2.08 bits per heavy atom. The number of carbonyl (C=O) groups is 1. The highest BCUT2D eigenvalue weighted by Gasteiger charge is 2.16. The number of methoxy groups -OCH3 is 1. The third kappa shape index (κ3) is 3.98. The molecule has 10 heteroatoms. The summed E-state index contributed by atoms with van der Waals surface area (Å²) in [5.74, 6) is -0.305. The van der Waals surface area contributed by atoms with E-state index in [-0.39, 0.29) is 17.4 Å². The van der Waals surface area contributed by atoms with Crippen LogP contribution in [0.5, 0.6) is 0 Å². The predicted octanol–water partition coefficient (Wildman–Crippen LogP) is 2.36. The van der Waals surface area contributed by atoms with Crippen LogP contribution < -0.4 is 10.0 Å². The van der Waals surface area contributed by atoms with Crippen LogP contribution in [-0.2, 0) is 21.3 Å². The van der Waals surface area contributed by atoms with E-state index in [4.69, 9.17) is 0 Å². The number of ether oxygens (including phenoxy) is 1. The highest BCUT2D eigenvalue weighted by atomic mass is 32.2. The van der Waals surface area contributed by atoms with Gasteiger partial charge < -0.3 is 9.72 Å². The summed E-state index contributed by atoms with van der Waals surface area (Å²) in [7, 11) is -2.60. The summed E-state index contributed by atoms with van der Waals surface area (Å²) in [6.45, 7) is -0.0454. The number of H-pyrrole nitrogens is 1. The lowest BCUT2D eigenvalue weighted by Gasteiger charge is -2.07. The summed E-state index contributed by atoms with van der Waals surface area (Å²) < 4.78 is 44.9. The molecule has 0 bridgehead atoms. The minimum absolute atomic E-state index is 0.00895. The molecule has 0 unspecified atom stereocenters. The number of rotatable bonds is 5. The molecule has 0 aliphatic rings. The van der Waals surface area contributed by atoms with Gasteiger partial charge >= 0.3 is 6.09 Å². The van der Waals surface area contributed by atoms with Crippen LogP contribution in [0.25, 0.3) is 11.0 Å². The molecule has 2 aromatic carbocycles. The Balaban J connectivity index is 1.80. The quantitative estimate of drug-likeness (QED) is 0.631. The van der Waals surface area contributed by atoms with Crippen molar-refractivity contribution in [2.45, 2.75) is 11.4 Å². The second kappa shape index (κ2) is 7.10. The summed E-state index contributed by atoms with van der Waals surface area (Å²) in [4.78, 5) is 18.1. The van der Waals surface area contributed by atoms with E-state index in [1.807, 2.05) is 0 Å². The Morgan fingerprint density at radius 3 is 2.81 bits per heavy atom. The summed E-state index contributed by atoms with van der Waals surface area (Å²) in [5.41, 5.74) is 1.39. The van der Waals surface area contributed by atoms with E-state index in [0.717, 1.165) is 0 Å². The van der Waals surface area contributed by atoms with Crippen LogP contribution in [0.3, 0.4) is 0 Å². The van der Waals surface area contributed by atoms with Gasteiger partial charge in [-0.15, -0.1) is 0 Å². The highest BCUT2D eigenvalue weighted by molar-refractivity contribution is 7.89. The highest BCUT2D eigenvalue weighted by Crippen LogP contribution is 2.19. The van der Waals surface area contributed by atoms with E-state index in [9.17, 15) is 17.6 Å². The van der Waals surface area contributed by atoms with Crippen molar-refractivity contribution >= 4 is 33.1 Å². The van der Waals surface area contributed by atoms with Crippen molar-refractivity contribution in [3.63, 3.8) is 0 Å². The number of anilines is 1. The Bertz CT molecular complexity index is 1070. The molecule has 0 fully saturated rings. The minimum Gasteiger partial charge on any atom is -0.453 e. The number of hydrogen-bond acceptors (Lipinski definition) is 5. The molecule has 0 aliphatic carbocycles. The number of halogens is 1. The number of aromatic amines is 1. The van der Waals surface area contributed by atoms with Crippen LogP contribution in [0.1, 0.15) is 5.56 Å². The summed E-state index contributed by atoms with van der Waals surface area (Å²) in [6, 6.07) is 9.94. The van der Waals surface area contributed by atoms with Gasteiger partial charge in [0.25, 0.3) is 0 Å². The molecule has 1 amide bonds. The van der Waals surface area contributed by atoms with Gasteiger partial charge in [0.05, 0.1) is 23.0 Å². The molecule has 8 nitrogen and oxygen atoms in total. The summed E-state index contributed by atoms with van der Waals surface area (Å²) in [6.07, 6.45) is -0.700. The van der Waals surface area contributed by atoms with Gasteiger partial charge in [-0.25, -0.2) is 27.3 Å². The van der Waals surface area contributed by atoms with Crippen molar-refractivity contribution in [1.82, 2.24) is 14.7 Å². The standard InChI is InChI=1S/C16H15FN4O4S/c1-25-16(22)21-15-19-13-6-5-12(8-14(13)20-15)26(23,24)18-9-10-3-2-4-11(17)7-10/h2-8,18H,9H2,1H3,(H2,19,20,21,22). The van der Waals surface area contributed by atoms with Crippen molar-refractivity contribution in [3.8, 4) is 0 Å². The Labute approximate surface area is 148 Å². The van der Waals surface area contributed by atoms with Crippen molar-refractivity contribution in [2.24, 2.45) is 0 Å². The number of sulfonamides is 1. The monoisotopic (exact) mass is 378 g/mol. The molecule has 0 atom stereocenters. The van der Waals surface area contributed by atoms with Crippen LogP contribution in [0, 0.1) is 5.82 Å². The number of hydrogen-bond donors (Lipinski definition) is 3. The third-order valence-corrected chi connectivity index (χ3v) is 4.92. The number of fused-ring (bicyclic) bond motifs is 1. The first kappa shape index (κ1) is 17.8. The van der Waals surface area contributed by atoms with Gasteiger partial charge in [0.1, 0.15) is 5.82 Å². The summed E-state index contributed by atoms with van der Waals surface area (Å²) in [5, 5.41) is 2.36. The maximum atomic E-state index is 13.2. The van der Waals surface area contributed by atoms with E-state index in [2.05, 4.69) is 24.7 Å². The Kier molecular flexibility index (Phi) is 4.87. The van der Waals surface area contributed by atoms with E-state index in [0.29, 0.717) is 16.6 Å². The van der Waals surface area contributed by atoms with Gasteiger partial charge in [0, 0.05) is 6.54 Å².